The van der Waals surface area contributed by atoms with Gasteiger partial charge in [0.25, 0.3) is 5.91 Å². The van der Waals surface area contributed by atoms with Crippen LogP contribution in [0.5, 0.6) is 0 Å². The number of aromatic nitrogens is 3. The van der Waals surface area contributed by atoms with E-state index >= 15 is 0 Å². The SMILES string of the molecule is Cc1nc(NCCNC(=O)c2cc3ccccc3s2)cc(-n2cccc2)n1. The minimum Gasteiger partial charge on any atom is -0.368 e. The van der Waals surface area contributed by atoms with Crippen LogP contribution in [0.2, 0.25) is 0 Å². The molecule has 0 bridgehead atoms. The highest BCUT2D eigenvalue weighted by Crippen LogP contribution is 2.24. The number of hydrogen-bond donors (Lipinski definition) is 2. The van der Waals surface area contributed by atoms with E-state index in [-0.39, 0.29) is 5.91 Å². The number of carbonyl (C=O) groups excluding carboxylic acids is 1. The molecule has 0 atom stereocenters. The van der Waals surface area contributed by atoms with Crippen molar-refractivity contribution in [3.8, 4) is 5.82 Å². The average molecular weight is 377 g/mol. The fourth-order valence-corrected chi connectivity index (χ4v) is 3.79. The van der Waals surface area contributed by atoms with Gasteiger partial charge in [-0.1, -0.05) is 18.2 Å². The van der Waals surface area contributed by atoms with Gasteiger partial charge in [-0.25, -0.2) is 9.97 Å². The first-order chi connectivity index (χ1) is 13.2. The number of nitrogens with one attached hydrogen (secondary N) is 2. The van der Waals surface area contributed by atoms with Gasteiger partial charge in [0.1, 0.15) is 17.5 Å². The summed E-state index contributed by atoms with van der Waals surface area (Å²) >= 11 is 1.51. The number of hydrogen-bond acceptors (Lipinski definition) is 5. The summed E-state index contributed by atoms with van der Waals surface area (Å²) in [6.07, 6.45) is 3.88. The summed E-state index contributed by atoms with van der Waals surface area (Å²) in [5.74, 6) is 2.19. The summed E-state index contributed by atoms with van der Waals surface area (Å²) in [6, 6.07) is 15.7. The second-order valence-corrected chi connectivity index (χ2v) is 7.16. The number of anilines is 1. The predicted molar refractivity (Wildman–Crippen MR) is 109 cm³/mol. The van der Waals surface area contributed by atoms with Gasteiger partial charge in [0.2, 0.25) is 0 Å². The van der Waals surface area contributed by atoms with Crippen molar-refractivity contribution in [2.45, 2.75) is 6.92 Å². The van der Waals surface area contributed by atoms with Crippen LogP contribution in [0.4, 0.5) is 5.82 Å². The number of nitrogens with zero attached hydrogens (tertiary/aromatic N) is 3. The maximum atomic E-state index is 12.3. The molecule has 0 aliphatic heterocycles. The Balaban J connectivity index is 1.34. The number of benzene rings is 1. The summed E-state index contributed by atoms with van der Waals surface area (Å²) in [6.45, 7) is 2.95. The molecule has 4 rings (SSSR count). The van der Waals surface area contributed by atoms with Crippen molar-refractivity contribution in [2.24, 2.45) is 0 Å². The molecule has 1 aromatic carbocycles. The van der Waals surface area contributed by atoms with E-state index < -0.39 is 0 Å². The van der Waals surface area contributed by atoms with Crippen molar-refractivity contribution >= 4 is 33.1 Å². The number of thiophene rings is 1. The van der Waals surface area contributed by atoms with E-state index in [0.29, 0.717) is 18.9 Å². The predicted octanol–water partition coefficient (Wildman–Crippen LogP) is 3.63. The largest absolute Gasteiger partial charge is 0.368 e. The van der Waals surface area contributed by atoms with Crippen molar-refractivity contribution in [3.05, 3.63) is 71.6 Å². The molecule has 27 heavy (non-hydrogen) atoms. The molecule has 1 amide bonds. The van der Waals surface area contributed by atoms with E-state index in [1.54, 1.807) is 0 Å². The summed E-state index contributed by atoms with van der Waals surface area (Å²) in [7, 11) is 0. The van der Waals surface area contributed by atoms with Gasteiger partial charge < -0.3 is 15.2 Å². The average Bonchev–Trinajstić information content (AvgIpc) is 3.34. The molecule has 0 unspecified atom stereocenters. The maximum Gasteiger partial charge on any atom is 0.261 e. The van der Waals surface area contributed by atoms with Crippen LogP contribution in [0.25, 0.3) is 15.9 Å². The molecule has 4 aromatic rings. The molecule has 0 aliphatic rings. The summed E-state index contributed by atoms with van der Waals surface area (Å²) in [4.78, 5) is 21.9. The molecule has 0 aliphatic carbocycles. The fourth-order valence-electron chi connectivity index (χ4n) is 2.81. The smallest absolute Gasteiger partial charge is 0.261 e. The minimum absolute atomic E-state index is 0.0510. The van der Waals surface area contributed by atoms with Crippen molar-refractivity contribution in [1.82, 2.24) is 19.9 Å². The third-order valence-corrected chi connectivity index (χ3v) is 5.17. The quantitative estimate of drug-likeness (QED) is 0.503. The third-order valence-electron chi connectivity index (χ3n) is 4.06. The van der Waals surface area contributed by atoms with Gasteiger partial charge in [0.05, 0.1) is 4.88 Å². The van der Waals surface area contributed by atoms with Crippen molar-refractivity contribution < 1.29 is 4.79 Å². The van der Waals surface area contributed by atoms with Gasteiger partial charge in [0.15, 0.2) is 0 Å². The summed E-state index contributed by atoms with van der Waals surface area (Å²) < 4.78 is 3.05. The number of rotatable bonds is 6. The lowest BCUT2D eigenvalue weighted by Gasteiger charge is -2.09. The summed E-state index contributed by atoms with van der Waals surface area (Å²) in [5, 5.41) is 7.29. The molecule has 7 heteroatoms. The lowest BCUT2D eigenvalue weighted by atomic mass is 10.2. The number of aryl methyl sites for hydroxylation is 1. The molecule has 0 saturated heterocycles. The van der Waals surface area contributed by atoms with Crippen molar-refractivity contribution in [1.29, 1.82) is 0 Å². The van der Waals surface area contributed by atoms with Gasteiger partial charge in [-0.2, -0.15) is 0 Å². The van der Waals surface area contributed by atoms with Crippen LogP contribution in [0.3, 0.4) is 0 Å². The first kappa shape index (κ1) is 17.2. The molecule has 136 valence electrons. The van der Waals surface area contributed by atoms with Crippen LogP contribution in [0.15, 0.2) is 60.9 Å². The highest BCUT2D eigenvalue weighted by atomic mass is 32.1. The van der Waals surface area contributed by atoms with E-state index in [1.807, 2.05) is 72.4 Å². The highest BCUT2D eigenvalue weighted by molar-refractivity contribution is 7.20. The Hall–Kier alpha value is -3.19. The second-order valence-electron chi connectivity index (χ2n) is 6.08. The summed E-state index contributed by atoms with van der Waals surface area (Å²) in [5.41, 5.74) is 0. The fraction of sp³-hybridized carbons (Fsp3) is 0.150. The molecule has 3 heterocycles. The second kappa shape index (κ2) is 7.59. The van der Waals surface area contributed by atoms with E-state index in [4.69, 9.17) is 0 Å². The standard InChI is InChI=1S/C20H19N5OS/c1-14-23-18(13-19(24-14)25-10-4-5-11-25)21-8-9-22-20(26)17-12-15-6-2-3-7-16(15)27-17/h2-7,10-13H,8-9H2,1H3,(H,22,26)(H,21,23,24). The van der Waals surface area contributed by atoms with Crippen LogP contribution in [0.1, 0.15) is 15.5 Å². The monoisotopic (exact) mass is 377 g/mol. The zero-order valence-corrected chi connectivity index (χ0v) is 15.7. The Labute approximate surface area is 160 Å². The van der Waals surface area contributed by atoms with E-state index in [2.05, 4.69) is 20.6 Å². The molecular weight excluding hydrogens is 358 g/mol. The molecule has 0 saturated carbocycles. The van der Waals surface area contributed by atoms with Gasteiger partial charge in [-0.3, -0.25) is 4.79 Å². The van der Waals surface area contributed by atoms with Crippen molar-refractivity contribution in [3.63, 3.8) is 0 Å². The molecule has 6 nitrogen and oxygen atoms in total. The van der Waals surface area contributed by atoms with E-state index in [0.717, 1.165) is 26.6 Å². The van der Waals surface area contributed by atoms with Crippen molar-refractivity contribution in [2.75, 3.05) is 18.4 Å². The number of amides is 1. The highest BCUT2D eigenvalue weighted by Gasteiger charge is 2.09. The first-order valence-corrected chi connectivity index (χ1v) is 9.50. The Morgan fingerprint density at radius 3 is 2.70 bits per heavy atom. The Kier molecular flexibility index (Phi) is 4.84. The van der Waals surface area contributed by atoms with Gasteiger partial charge in [0, 0.05) is 36.2 Å². The lowest BCUT2D eigenvalue weighted by Crippen LogP contribution is -2.28. The number of carbonyl (C=O) groups is 1. The van der Waals surface area contributed by atoms with Gasteiger partial charge in [-0.15, -0.1) is 11.3 Å². The number of fused-ring (bicyclic) bond motifs is 1. The Morgan fingerprint density at radius 2 is 1.89 bits per heavy atom. The molecular formula is C20H19N5OS. The van der Waals surface area contributed by atoms with E-state index in [1.165, 1.54) is 11.3 Å². The zero-order chi connectivity index (χ0) is 18.6. The first-order valence-electron chi connectivity index (χ1n) is 8.69. The van der Waals surface area contributed by atoms with Crippen LogP contribution in [-0.2, 0) is 0 Å². The van der Waals surface area contributed by atoms with Gasteiger partial charge in [-0.05, 0) is 36.6 Å². The topological polar surface area (TPSA) is 71.8 Å². The normalized spacial score (nSPS) is 10.9. The third kappa shape index (κ3) is 3.98. The molecule has 2 N–H and O–H groups in total. The molecule has 3 aromatic heterocycles. The van der Waals surface area contributed by atoms with E-state index in [9.17, 15) is 4.79 Å². The lowest BCUT2D eigenvalue weighted by molar-refractivity contribution is 0.0959. The van der Waals surface area contributed by atoms with Crippen LogP contribution < -0.4 is 10.6 Å². The zero-order valence-electron chi connectivity index (χ0n) is 14.8. The molecule has 0 fully saturated rings. The molecule has 0 spiro atoms. The Bertz CT molecular complexity index is 1040. The van der Waals surface area contributed by atoms with Crippen LogP contribution in [-0.4, -0.2) is 33.5 Å². The van der Waals surface area contributed by atoms with Crippen LogP contribution >= 0.6 is 11.3 Å². The van der Waals surface area contributed by atoms with Crippen LogP contribution in [0, 0.1) is 6.92 Å². The Morgan fingerprint density at radius 1 is 1.07 bits per heavy atom. The molecule has 0 radical (unpaired) electrons. The minimum atomic E-state index is -0.0510. The van der Waals surface area contributed by atoms with Gasteiger partial charge >= 0.3 is 0 Å². The maximum absolute atomic E-state index is 12.3.